The van der Waals surface area contributed by atoms with Crippen LogP contribution in [0.4, 0.5) is 0 Å². The molecule has 0 bridgehead atoms. The maximum Gasteiger partial charge on any atom is 0.146 e. The van der Waals surface area contributed by atoms with Gasteiger partial charge in [0, 0.05) is 11.8 Å². The Morgan fingerprint density at radius 1 is 1.42 bits per heavy atom. The second kappa shape index (κ2) is 4.61. The molecule has 0 aromatic rings. The molecule has 0 aliphatic heterocycles. The van der Waals surface area contributed by atoms with Crippen LogP contribution < -0.4 is 0 Å². The van der Waals surface area contributed by atoms with E-state index in [1.54, 1.807) is 0 Å². The number of hydrogen-bond acceptors (Lipinski definition) is 2. The van der Waals surface area contributed by atoms with E-state index in [4.69, 9.17) is 5.26 Å². The molecule has 12 heavy (non-hydrogen) atoms. The average molecular weight is 230 g/mol. The van der Waals surface area contributed by atoms with Gasteiger partial charge in [0.1, 0.15) is 5.78 Å². The van der Waals surface area contributed by atoms with E-state index in [0.29, 0.717) is 11.1 Å². The summed E-state index contributed by atoms with van der Waals surface area (Å²) in [4.78, 5) is 11.2. The number of rotatable bonds is 2. The SMILES string of the molecule is N#C[C@H]1CC[C@H](C(=O)CBr)CC1. The fourth-order valence-electron chi connectivity index (χ4n) is 1.65. The van der Waals surface area contributed by atoms with E-state index in [1.807, 2.05) is 0 Å². The predicted octanol–water partition coefficient (Wildman–Crippen LogP) is 2.28. The molecule has 0 N–H and O–H groups in total. The van der Waals surface area contributed by atoms with E-state index < -0.39 is 0 Å². The lowest BCUT2D eigenvalue weighted by molar-refractivity contribution is -0.121. The van der Waals surface area contributed by atoms with Crippen LogP contribution in [0.5, 0.6) is 0 Å². The highest BCUT2D eigenvalue weighted by atomic mass is 79.9. The van der Waals surface area contributed by atoms with Crippen molar-refractivity contribution in [2.24, 2.45) is 11.8 Å². The maximum absolute atomic E-state index is 11.2. The summed E-state index contributed by atoms with van der Waals surface area (Å²) in [5, 5.41) is 9.10. The topological polar surface area (TPSA) is 40.9 Å². The molecule has 1 rings (SSSR count). The molecule has 1 saturated carbocycles. The van der Waals surface area contributed by atoms with Gasteiger partial charge in [-0.05, 0) is 25.7 Å². The Bertz CT molecular complexity index is 201. The Morgan fingerprint density at radius 2 is 2.00 bits per heavy atom. The third-order valence-electron chi connectivity index (χ3n) is 2.50. The van der Waals surface area contributed by atoms with Gasteiger partial charge in [0.15, 0.2) is 0 Å². The van der Waals surface area contributed by atoms with Crippen molar-refractivity contribution in [3.8, 4) is 6.07 Å². The molecule has 1 fully saturated rings. The first-order valence-corrected chi connectivity index (χ1v) is 5.38. The van der Waals surface area contributed by atoms with Gasteiger partial charge >= 0.3 is 0 Å². The van der Waals surface area contributed by atoms with Crippen LogP contribution in [0.2, 0.25) is 0 Å². The van der Waals surface area contributed by atoms with E-state index in [2.05, 4.69) is 22.0 Å². The molecule has 0 unspecified atom stereocenters. The van der Waals surface area contributed by atoms with Gasteiger partial charge in [-0.25, -0.2) is 0 Å². The first-order valence-electron chi connectivity index (χ1n) is 4.26. The predicted molar refractivity (Wildman–Crippen MR) is 49.9 cm³/mol. The molecule has 0 heterocycles. The largest absolute Gasteiger partial charge is 0.298 e. The van der Waals surface area contributed by atoms with E-state index >= 15 is 0 Å². The van der Waals surface area contributed by atoms with Crippen LogP contribution in [0.25, 0.3) is 0 Å². The van der Waals surface area contributed by atoms with Gasteiger partial charge in [-0.1, -0.05) is 15.9 Å². The van der Waals surface area contributed by atoms with E-state index in [0.717, 1.165) is 25.7 Å². The summed E-state index contributed by atoms with van der Waals surface area (Å²) in [6, 6.07) is 2.26. The highest BCUT2D eigenvalue weighted by molar-refractivity contribution is 9.09. The third-order valence-corrected chi connectivity index (χ3v) is 3.05. The Labute approximate surface area is 81.1 Å². The van der Waals surface area contributed by atoms with Crippen LogP contribution in [-0.2, 0) is 4.79 Å². The van der Waals surface area contributed by atoms with Crippen LogP contribution in [0.1, 0.15) is 25.7 Å². The van der Waals surface area contributed by atoms with Crippen molar-refractivity contribution in [3.05, 3.63) is 0 Å². The van der Waals surface area contributed by atoms with Crippen LogP contribution in [-0.4, -0.2) is 11.1 Å². The summed E-state index contributed by atoms with van der Waals surface area (Å²) in [5.74, 6) is 0.713. The van der Waals surface area contributed by atoms with Gasteiger partial charge < -0.3 is 0 Å². The lowest BCUT2D eigenvalue weighted by atomic mass is 9.81. The Balaban J connectivity index is 2.37. The van der Waals surface area contributed by atoms with Crippen molar-refractivity contribution in [2.45, 2.75) is 25.7 Å². The zero-order chi connectivity index (χ0) is 8.97. The lowest BCUT2D eigenvalue weighted by Gasteiger charge is -2.22. The quantitative estimate of drug-likeness (QED) is 0.683. The third kappa shape index (κ3) is 2.31. The molecule has 0 spiro atoms. The minimum atomic E-state index is 0.198. The second-order valence-corrected chi connectivity index (χ2v) is 3.84. The monoisotopic (exact) mass is 229 g/mol. The number of ketones is 1. The molecule has 0 aromatic heterocycles. The molecule has 0 radical (unpaired) electrons. The fraction of sp³-hybridized carbons (Fsp3) is 0.778. The van der Waals surface area contributed by atoms with E-state index in [-0.39, 0.29) is 11.8 Å². The van der Waals surface area contributed by atoms with Crippen LogP contribution in [0.15, 0.2) is 0 Å². The number of carbonyl (C=O) groups is 1. The number of nitriles is 1. The zero-order valence-electron chi connectivity index (χ0n) is 6.92. The molecule has 0 aromatic carbocycles. The van der Waals surface area contributed by atoms with Crippen LogP contribution in [0, 0.1) is 23.2 Å². The minimum Gasteiger partial charge on any atom is -0.298 e. The molecule has 3 heteroatoms. The van der Waals surface area contributed by atoms with Crippen molar-refractivity contribution in [1.82, 2.24) is 0 Å². The second-order valence-electron chi connectivity index (χ2n) is 3.28. The summed E-state index contributed by atoms with van der Waals surface area (Å²) in [5.41, 5.74) is 0. The molecular formula is C9H12BrNO. The van der Waals surface area contributed by atoms with E-state index in [1.165, 1.54) is 0 Å². The molecule has 0 saturated heterocycles. The van der Waals surface area contributed by atoms with Gasteiger partial charge in [-0.3, -0.25) is 4.79 Å². The summed E-state index contributed by atoms with van der Waals surface area (Å²) in [6.07, 6.45) is 3.62. The first-order chi connectivity index (χ1) is 5.77. The first kappa shape index (κ1) is 9.73. The zero-order valence-corrected chi connectivity index (χ0v) is 8.51. The van der Waals surface area contributed by atoms with Gasteiger partial charge in [0.25, 0.3) is 0 Å². The molecule has 66 valence electrons. The molecule has 0 amide bonds. The Morgan fingerprint density at radius 3 is 2.42 bits per heavy atom. The fourth-order valence-corrected chi connectivity index (χ4v) is 2.11. The summed E-state index contributed by atoms with van der Waals surface area (Å²) in [6.45, 7) is 0. The lowest BCUT2D eigenvalue weighted by Crippen LogP contribution is -2.21. The van der Waals surface area contributed by atoms with Crippen molar-refractivity contribution < 1.29 is 4.79 Å². The average Bonchev–Trinajstić information content (AvgIpc) is 2.17. The smallest absolute Gasteiger partial charge is 0.146 e. The number of Topliss-reactive ketones (excluding diaryl/α,β-unsaturated/α-hetero) is 1. The molecule has 1 aliphatic rings. The van der Waals surface area contributed by atoms with Crippen molar-refractivity contribution >= 4 is 21.7 Å². The minimum absolute atomic E-state index is 0.198. The highest BCUT2D eigenvalue weighted by Gasteiger charge is 2.24. The standard InChI is InChI=1S/C9H12BrNO/c10-5-9(12)8-3-1-7(6-11)2-4-8/h7-8H,1-5H2/t7-,8-. The molecular weight excluding hydrogens is 218 g/mol. The molecule has 1 aliphatic carbocycles. The van der Waals surface area contributed by atoms with E-state index in [9.17, 15) is 4.79 Å². The maximum atomic E-state index is 11.2. The van der Waals surface area contributed by atoms with Gasteiger partial charge in [-0.15, -0.1) is 0 Å². The Kier molecular flexibility index (Phi) is 3.74. The summed E-state index contributed by atoms with van der Waals surface area (Å²) >= 11 is 3.17. The highest BCUT2D eigenvalue weighted by Crippen LogP contribution is 2.28. The number of hydrogen-bond donors (Lipinski definition) is 0. The summed E-state index contributed by atoms with van der Waals surface area (Å²) in [7, 11) is 0. The van der Waals surface area contributed by atoms with Gasteiger partial charge in [0.05, 0.1) is 11.4 Å². The van der Waals surface area contributed by atoms with Gasteiger partial charge in [-0.2, -0.15) is 5.26 Å². The van der Waals surface area contributed by atoms with Crippen molar-refractivity contribution in [2.75, 3.05) is 5.33 Å². The normalized spacial score (nSPS) is 29.3. The summed E-state index contributed by atoms with van der Waals surface area (Å²) < 4.78 is 0. The number of carbonyl (C=O) groups excluding carboxylic acids is 1. The number of nitrogens with zero attached hydrogens (tertiary/aromatic N) is 1. The molecule has 0 atom stereocenters. The van der Waals surface area contributed by atoms with Crippen LogP contribution in [0.3, 0.4) is 0 Å². The molecule has 2 nitrogen and oxygen atoms in total. The van der Waals surface area contributed by atoms with Crippen molar-refractivity contribution in [1.29, 1.82) is 5.26 Å². The number of halogens is 1. The van der Waals surface area contributed by atoms with Gasteiger partial charge in [0.2, 0.25) is 0 Å². The Hall–Kier alpha value is -0.360. The van der Waals surface area contributed by atoms with Crippen molar-refractivity contribution in [3.63, 3.8) is 0 Å². The number of alkyl halides is 1. The van der Waals surface area contributed by atoms with Crippen LogP contribution >= 0.6 is 15.9 Å².